The standard InChI is InChI=1S/C30H41BrClN5O.H2/c1-22-20-36(29-28(31)17-25(19-33-29)30(38)34-18-23-5-3-2-4-6-23)15-16-37(22)27-11-13-35(14-12-27)21-24-7-9-26(32)10-8-24;/h7-10,17,19,22-23,27H,2-6,11-16,18,20-21H2,1H3,(H,34,38);1H/t22-;/m0./s1. The first kappa shape index (κ1) is 27.9. The summed E-state index contributed by atoms with van der Waals surface area (Å²) in [6.45, 7) is 9.33. The van der Waals surface area contributed by atoms with Crippen molar-refractivity contribution in [3.05, 3.63) is 57.2 Å². The molecule has 0 unspecified atom stereocenters. The summed E-state index contributed by atoms with van der Waals surface area (Å²) in [7, 11) is 0. The second kappa shape index (κ2) is 13.1. The number of halogens is 2. The van der Waals surface area contributed by atoms with Crippen molar-refractivity contribution in [2.24, 2.45) is 5.92 Å². The van der Waals surface area contributed by atoms with Gasteiger partial charge in [0.2, 0.25) is 0 Å². The highest BCUT2D eigenvalue weighted by Crippen LogP contribution is 2.29. The molecule has 1 N–H and O–H groups in total. The van der Waals surface area contributed by atoms with Crippen LogP contribution in [0, 0.1) is 5.92 Å². The molecule has 3 fully saturated rings. The van der Waals surface area contributed by atoms with Crippen LogP contribution in [0.5, 0.6) is 0 Å². The van der Waals surface area contributed by atoms with Gasteiger partial charge in [-0.2, -0.15) is 0 Å². The Kier molecular flexibility index (Phi) is 9.63. The number of piperazine rings is 1. The molecular weight excluding hydrogens is 562 g/mol. The highest BCUT2D eigenvalue weighted by molar-refractivity contribution is 9.10. The molecule has 3 aliphatic rings. The van der Waals surface area contributed by atoms with E-state index in [1.807, 2.05) is 18.2 Å². The molecule has 0 spiro atoms. The zero-order chi connectivity index (χ0) is 26.5. The van der Waals surface area contributed by atoms with Crippen LogP contribution in [-0.2, 0) is 6.54 Å². The van der Waals surface area contributed by atoms with E-state index in [-0.39, 0.29) is 7.33 Å². The fourth-order valence-electron chi connectivity index (χ4n) is 6.48. The average molecular weight is 605 g/mol. The van der Waals surface area contributed by atoms with Crippen molar-refractivity contribution in [3.8, 4) is 0 Å². The van der Waals surface area contributed by atoms with Crippen molar-refractivity contribution in [1.29, 1.82) is 0 Å². The minimum absolute atomic E-state index is 0. The fraction of sp³-hybridized carbons (Fsp3) is 0.600. The molecule has 2 saturated heterocycles. The van der Waals surface area contributed by atoms with Gasteiger partial charge in [-0.25, -0.2) is 4.98 Å². The number of anilines is 1. The number of nitrogens with one attached hydrogen (secondary N) is 1. The lowest BCUT2D eigenvalue weighted by Crippen LogP contribution is -2.57. The van der Waals surface area contributed by atoms with E-state index in [1.54, 1.807) is 6.20 Å². The van der Waals surface area contributed by atoms with Gasteiger partial charge in [-0.15, -0.1) is 0 Å². The van der Waals surface area contributed by atoms with Crippen molar-refractivity contribution >= 4 is 39.3 Å². The number of benzene rings is 1. The van der Waals surface area contributed by atoms with Gasteiger partial charge in [-0.3, -0.25) is 14.6 Å². The zero-order valence-corrected chi connectivity index (χ0v) is 24.9. The summed E-state index contributed by atoms with van der Waals surface area (Å²) < 4.78 is 0.902. The van der Waals surface area contributed by atoms with Crippen LogP contribution >= 0.6 is 27.5 Å². The summed E-state index contributed by atoms with van der Waals surface area (Å²) in [5.74, 6) is 1.55. The van der Waals surface area contributed by atoms with Crippen molar-refractivity contribution in [2.45, 2.75) is 70.5 Å². The molecule has 2 aliphatic heterocycles. The number of hydrogen-bond acceptors (Lipinski definition) is 5. The number of piperidine rings is 1. The van der Waals surface area contributed by atoms with Gasteiger partial charge in [0, 0.05) is 57.5 Å². The molecule has 1 aliphatic carbocycles. The Balaban J connectivity index is 0.00000353. The molecule has 1 atom stereocenters. The lowest BCUT2D eigenvalue weighted by Gasteiger charge is -2.47. The van der Waals surface area contributed by atoms with E-state index in [2.05, 4.69) is 55.0 Å². The number of pyridine rings is 1. The average Bonchev–Trinajstić information content (AvgIpc) is 2.94. The molecule has 5 rings (SSSR count). The second-order valence-corrected chi connectivity index (χ2v) is 12.7. The van der Waals surface area contributed by atoms with Gasteiger partial charge < -0.3 is 10.2 Å². The zero-order valence-electron chi connectivity index (χ0n) is 22.5. The molecule has 38 heavy (non-hydrogen) atoms. The molecule has 1 saturated carbocycles. The third kappa shape index (κ3) is 7.09. The maximum Gasteiger partial charge on any atom is 0.252 e. The summed E-state index contributed by atoms with van der Waals surface area (Å²) >= 11 is 9.76. The summed E-state index contributed by atoms with van der Waals surface area (Å²) in [6.07, 6.45) is 10.5. The van der Waals surface area contributed by atoms with Gasteiger partial charge in [0.15, 0.2) is 0 Å². The number of carbonyl (C=O) groups is 1. The maximum atomic E-state index is 12.7. The third-order valence-corrected chi connectivity index (χ3v) is 9.52. The van der Waals surface area contributed by atoms with E-state index in [4.69, 9.17) is 16.6 Å². The molecule has 208 valence electrons. The van der Waals surface area contributed by atoms with Crippen LogP contribution in [0.15, 0.2) is 41.0 Å². The van der Waals surface area contributed by atoms with E-state index >= 15 is 0 Å². The van der Waals surface area contributed by atoms with Gasteiger partial charge >= 0.3 is 0 Å². The van der Waals surface area contributed by atoms with E-state index in [0.29, 0.717) is 23.6 Å². The Labute approximate surface area is 242 Å². The molecule has 3 heterocycles. The van der Waals surface area contributed by atoms with Crippen molar-refractivity contribution in [1.82, 2.24) is 20.1 Å². The Morgan fingerprint density at radius 3 is 2.50 bits per heavy atom. The summed E-state index contributed by atoms with van der Waals surface area (Å²) in [5, 5.41) is 3.93. The molecule has 2 aromatic rings. The second-order valence-electron chi connectivity index (χ2n) is 11.4. The Morgan fingerprint density at radius 1 is 1.08 bits per heavy atom. The van der Waals surface area contributed by atoms with Gasteiger partial charge in [0.25, 0.3) is 5.91 Å². The number of carbonyl (C=O) groups excluding carboxylic acids is 1. The maximum absolute atomic E-state index is 12.7. The first-order chi connectivity index (χ1) is 18.5. The third-order valence-electron chi connectivity index (χ3n) is 8.68. The number of amides is 1. The fourth-order valence-corrected chi connectivity index (χ4v) is 7.21. The number of hydrogen-bond donors (Lipinski definition) is 1. The van der Waals surface area contributed by atoms with Gasteiger partial charge in [-0.05, 0) is 91.3 Å². The largest absolute Gasteiger partial charge is 0.353 e. The van der Waals surface area contributed by atoms with Gasteiger partial charge in [0.05, 0.1) is 10.0 Å². The smallest absolute Gasteiger partial charge is 0.252 e. The molecule has 6 nitrogen and oxygen atoms in total. The SMILES string of the molecule is C[C@H]1CN(c2ncc(C(=O)NCC3CCCCC3)cc2Br)CCN1C1CCN(Cc2ccc(Cl)cc2)CC1.[HH]. The summed E-state index contributed by atoms with van der Waals surface area (Å²) in [6, 6.07) is 11.3. The number of nitrogens with zero attached hydrogens (tertiary/aromatic N) is 4. The minimum atomic E-state index is -0.0177. The lowest BCUT2D eigenvalue weighted by atomic mass is 9.89. The van der Waals surface area contributed by atoms with Crippen LogP contribution in [0.2, 0.25) is 5.02 Å². The quantitative estimate of drug-likeness (QED) is 0.406. The Bertz CT molecular complexity index is 1080. The van der Waals surface area contributed by atoms with Crippen molar-refractivity contribution in [3.63, 3.8) is 0 Å². The molecule has 0 radical (unpaired) electrons. The van der Waals surface area contributed by atoms with Crippen LogP contribution in [0.3, 0.4) is 0 Å². The Hall–Kier alpha value is -1.67. The predicted octanol–water partition coefficient (Wildman–Crippen LogP) is 6.23. The molecule has 1 amide bonds. The van der Waals surface area contributed by atoms with Crippen LogP contribution in [0.25, 0.3) is 0 Å². The van der Waals surface area contributed by atoms with Crippen molar-refractivity contribution < 1.29 is 6.22 Å². The van der Waals surface area contributed by atoms with E-state index in [0.717, 1.165) is 61.1 Å². The minimum Gasteiger partial charge on any atom is -0.353 e. The monoisotopic (exact) mass is 603 g/mol. The first-order valence-corrected chi connectivity index (χ1v) is 15.5. The highest BCUT2D eigenvalue weighted by Gasteiger charge is 2.32. The van der Waals surface area contributed by atoms with Crippen LogP contribution in [0.1, 0.15) is 69.2 Å². The Morgan fingerprint density at radius 2 is 1.82 bits per heavy atom. The van der Waals surface area contributed by atoms with Crippen LogP contribution in [0.4, 0.5) is 5.82 Å². The highest BCUT2D eigenvalue weighted by atomic mass is 79.9. The van der Waals surface area contributed by atoms with Gasteiger partial charge in [-0.1, -0.05) is 43.0 Å². The number of aromatic nitrogens is 1. The predicted molar refractivity (Wildman–Crippen MR) is 161 cm³/mol. The first-order valence-electron chi connectivity index (χ1n) is 14.4. The molecular formula is C30H43BrClN5O. The van der Waals surface area contributed by atoms with Gasteiger partial charge in [0.1, 0.15) is 5.82 Å². The number of rotatable bonds is 7. The lowest BCUT2D eigenvalue weighted by molar-refractivity contribution is 0.0690. The van der Waals surface area contributed by atoms with Crippen LogP contribution < -0.4 is 10.2 Å². The van der Waals surface area contributed by atoms with E-state index < -0.39 is 0 Å². The summed E-state index contributed by atoms with van der Waals surface area (Å²) in [5.41, 5.74) is 1.97. The van der Waals surface area contributed by atoms with E-state index in [9.17, 15) is 4.79 Å². The van der Waals surface area contributed by atoms with E-state index in [1.165, 1.54) is 50.5 Å². The topological polar surface area (TPSA) is 51.7 Å². The molecule has 1 aromatic carbocycles. The van der Waals surface area contributed by atoms with Crippen LogP contribution in [-0.4, -0.2) is 72.0 Å². The summed E-state index contributed by atoms with van der Waals surface area (Å²) in [4.78, 5) is 25.1. The number of likely N-dealkylation sites (tertiary alicyclic amines) is 1. The molecule has 1 aromatic heterocycles. The van der Waals surface area contributed by atoms with Crippen molar-refractivity contribution in [2.75, 3.05) is 44.2 Å². The normalized spacial score (nSPS) is 22.5. The molecule has 8 heteroatoms. The molecule has 0 bridgehead atoms.